The highest BCUT2D eigenvalue weighted by Crippen LogP contribution is 2.32. The average Bonchev–Trinajstić information content (AvgIpc) is 3.06. The van der Waals surface area contributed by atoms with E-state index in [0.717, 1.165) is 39.7 Å². The number of nitrogens with zero attached hydrogens (tertiary/aromatic N) is 5. The van der Waals surface area contributed by atoms with Gasteiger partial charge in [-0.15, -0.1) is 21.5 Å². The number of nitrogens with two attached hydrogens (primary N) is 1. The average molecular weight is 306 g/mol. The highest BCUT2D eigenvalue weighted by molar-refractivity contribution is 7.99. The highest BCUT2D eigenvalue weighted by atomic mass is 32.2. The quantitative estimate of drug-likeness (QED) is 0.588. The molecule has 0 saturated carbocycles. The zero-order chi connectivity index (χ0) is 14.1. The Morgan fingerprint density at radius 2 is 2.10 bits per heavy atom. The largest absolute Gasteiger partial charge is 0.336 e. The molecule has 0 aliphatic heterocycles. The first-order valence-corrected chi connectivity index (χ1v) is 8.03. The Labute approximate surface area is 124 Å². The fraction of sp³-hybridized carbons (Fsp3) is 0.333. The molecule has 0 aliphatic rings. The zero-order valence-corrected chi connectivity index (χ0v) is 12.8. The number of nitrogen functional groups attached to an aromatic ring is 1. The summed E-state index contributed by atoms with van der Waals surface area (Å²) in [6, 6.07) is 2.03. The van der Waals surface area contributed by atoms with Gasteiger partial charge < -0.3 is 5.84 Å². The summed E-state index contributed by atoms with van der Waals surface area (Å²) in [6.45, 7) is 4.04. The molecule has 0 aliphatic carbocycles. The maximum absolute atomic E-state index is 5.98. The minimum absolute atomic E-state index is 0.648. The molecule has 104 valence electrons. The highest BCUT2D eigenvalue weighted by Gasteiger charge is 2.14. The molecular weight excluding hydrogens is 292 g/mol. The standard InChI is InChI=1S/C12H14N6S2/c1-3-8-14-10-7(5-6-19-10)11(15-8)20-12-17-16-9(4-2)18(12)13/h5-6H,3-4,13H2,1-2H3. The summed E-state index contributed by atoms with van der Waals surface area (Å²) in [5.41, 5.74) is 0. The lowest BCUT2D eigenvalue weighted by Gasteiger charge is -2.04. The molecule has 0 atom stereocenters. The van der Waals surface area contributed by atoms with E-state index in [9.17, 15) is 0 Å². The number of thiophene rings is 1. The van der Waals surface area contributed by atoms with Crippen molar-refractivity contribution in [2.75, 3.05) is 5.84 Å². The Bertz CT molecular complexity index is 748. The summed E-state index contributed by atoms with van der Waals surface area (Å²) < 4.78 is 1.52. The Kier molecular flexibility index (Phi) is 3.58. The normalized spacial score (nSPS) is 11.3. The lowest BCUT2D eigenvalue weighted by molar-refractivity contribution is 0.794. The van der Waals surface area contributed by atoms with Crippen molar-refractivity contribution in [3.05, 3.63) is 23.1 Å². The molecular formula is C12H14N6S2. The van der Waals surface area contributed by atoms with Crippen LogP contribution < -0.4 is 5.84 Å². The van der Waals surface area contributed by atoms with Crippen LogP contribution in [0.3, 0.4) is 0 Å². The first kappa shape index (κ1) is 13.3. The third kappa shape index (κ3) is 2.25. The molecule has 6 nitrogen and oxygen atoms in total. The van der Waals surface area contributed by atoms with Crippen molar-refractivity contribution < 1.29 is 0 Å². The van der Waals surface area contributed by atoms with E-state index in [0.29, 0.717) is 5.16 Å². The van der Waals surface area contributed by atoms with Crippen LogP contribution in [0.5, 0.6) is 0 Å². The number of hydrogen-bond donors (Lipinski definition) is 1. The topological polar surface area (TPSA) is 82.5 Å². The van der Waals surface area contributed by atoms with E-state index < -0.39 is 0 Å². The fourth-order valence-corrected chi connectivity index (χ4v) is 3.54. The van der Waals surface area contributed by atoms with Crippen molar-refractivity contribution in [1.29, 1.82) is 0 Å². The van der Waals surface area contributed by atoms with Crippen LogP contribution in [0.2, 0.25) is 0 Å². The molecule has 0 amide bonds. The van der Waals surface area contributed by atoms with E-state index in [2.05, 4.69) is 20.2 Å². The minimum atomic E-state index is 0.648. The van der Waals surface area contributed by atoms with E-state index in [1.165, 1.54) is 16.4 Å². The molecule has 8 heteroatoms. The van der Waals surface area contributed by atoms with Gasteiger partial charge in [0.15, 0.2) is 5.82 Å². The SMILES string of the molecule is CCc1nc(Sc2nnc(CC)n2N)c2ccsc2n1. The lowest BCUT2D eigenvalue weighted by atomic mass is 10.4. The van der Waals surface area contributed by atoms with Gasteiger partial charge in [-0.2, -0.15) is 0 Å². The molecule has 0 radical (unpaired) electrons. The van der Waals surface area contributed by atoms with Crippen molar-refractivity contribution in [3.8, 4) is 0 Å². The van der Waals surface area contributed by atoms with Crippen LogP contribution in [0.15, 0.2) is 21.6 Å². The fourth-order valence-electron chi connectivity index (χ4n) is 1.81. The minimum Gasteiger partial charge on any atom is -0.336 e. The van der Waals surface area contributed by atoms with Crippen molar-refractivity contribution in [1.82, 2.24) is 24.8 Å². The van der Waals surface area contributed by atoms with Crippen molar-refractivity contribution in [2.45, 2.75) is 36.9 Å². The summed E-state index contributed by atoms with van der Waals surface area (Å²) in [6.07, 6.45) is 1.55. The Morgan fingerprint density at radius 3 is 2.80 bits per heavy atom. The number of rotatable bonds is 4. The molecule has 2 N–H and O–H groups in total. The van der Waals surface area contributed by atoms with E-state index in [-0.39, 0.29) is 0 Å². The third-order valence-corrected chi connectivity index (χ3v) is 4.66. The van der Waals surface area contributed by atoms with Gasteiger partial charge >= 0.3 is 0 Å². The summed E-state index contributed by atoms with van der Waals surface area (Å²) in [5.74, 6) is 7.58. The molecule has 0 fully saturated rings. The van der Waals surface area contributed by atoms with Gasteiger partial charge in [-0.25, -0.2) is 14.6 Å². The van der Waals surface area contributed by atoms with Crippen LogP contribution in [0.1, 0.15) is 25.5 Å². The van der Waals surface area contributed by atoms with Gasteiger partial charge in [0.2, 0.25) is 5.16 Å². The van der Waals surface area contributed by atoms with Gasteiger partial charge in [0.25, 0.3) is 0 Å². The van der Waals surface area contributed by atoms with E-state index >= 15 is 0 Å². The molecule has 3 rings (SSSR count). The number of aryl methyl sites for hydroxylation is 2. The predicted molar refractivity (Wildman–Crippen MR) is 80.5 cm³/mol. The van der Waals surface area contributed by atoms with Crippen LogP contribution in [-0.4, -0.2) is 24.8 Å². The Balaban J connectivity index is 2.05. The summed E-state index contributed by atoms with van der Waals surface area (Å²) in [5, 5.41) is 12.8. The van der Waals surface area contributed by atoms with Crippen LogP contribution in [0, 0.1) is 0 Å². The van der Waals surface area contributed by atoms with Crippen molar-refractivity contribution in [3.63, 3.8) is 0 Å². The van der Waals surface area contributed by atoms with Gasteiger partial charge in [0.1, 0.15) is 15.7 Å². The second-order valence-electron chi connectivity index (χ2n) is 4.16. The summed E-state index contributed by atoms with van der Waals surface area (Å²) >= 11 is 3.05. The molecule has 3 aromatic heterocycles. The second-order valence-corrected chi connectivity index (χ2v) is 6.01. The number of aromatic nitrogens is 5. The molecule has 0 aromatic carbocycles. The first-order valence-electron chi connectivity index (χ1n) is 6.34. The van der Waals surface area contributed by atoms with Crippen LogP contribution >= 0.6 is 23.1 Å². The Morgan fingerprint density at radius 1 is 1.25 bits per heavy atom. The third-order valence-electron chi connectivity index (χ3n) is 2.89. The zero-order valence-electron chi connectivity index (χ0n) is 11.2. The summed E-state index contributed by atoms with van der Waals surface area (Å²) in [7, 11) is 0. The van der Waals surface area contributed by atoms with Crippen LogP contribution in [-0.2, 0) is 12.8 Å². The van der Waals surface area contributed by atoms with Crippen molar-refractivity contribution >= 4 is 33.3 Å². The van der Waals surface area contributed by atoms with Crippen molar-refractivity contribution in [2.24, 2.45) is 0 Å². The molecule has 0 saturated heterocycles. The van der Waals surface area contributed by atoms with Gasteiger partial charge in [0, 0.05) is 18.2 Å². The van der Waals surface area contributed by atoms with Crippen LogP contribution in [0.25, 0.3) is 10.2 Å². The van der Waals surface area contributed by atoms with Gasteiger partial charge in [-0.3, -0.25) is 0 Å². The molecule has 3 aromatic rings. The maximum atomic E-state index is 5.98. The molecule has 0 spiro atoms. The van der Waals surface area contributed by atoms with Crippen LogP contribution in [0.4, 0.5) is 0 Å². The van der Waals surface area contributed by atoms with Gasteiger partial charge in [-0.05, 0) is 23.2 Å². The first-order chi connectivity index (χ1) is 9.72. The van der Waals surface area contributed by atoms with Gasteiger partial charge in [-0.1, -0.05) is 13.8 Å². The molecule has 3 heterocycles. The molecule has 20 heavy (non-hydrogen) atoms. The van der Waals surface area contributed by atoms with Gasteiger partial charge in [0.05, 0.1) is 0 Å². The smallest absolute Gasteiger partial charge is 0.216 e. The van der Waals surface area contributed by atoms with E-state index in [1.807, 2.05) is 25.3 Å². The predicted octanol–water partition coefficient (Wildman–Crippen LogP) is 2.27. The Hall–Kier alpha value is -1.67. The van der Waals surface area contributed by atoms with E-state index in [1.54, 1.807) is 11.3 Å². The summed E-state index contributed by atoms with van der Waals surface area (Å²) in [4.78, 5) is 10.1. The van der Waals surface area contributed by atoms with E-state index in [4.69, 9.17) is 5.84 Å². The monoisotopic (exact) mass is 306 g/mol. The number of fused-ring (bicyclic) bond motifs is 1. The lowest BCUT2D eigenvalue weighted by Crippen LogP contribution is -2.13. The molecule has 0 bridgehead atoms. The number of hydrogen-bond acceptors (Lipinski definition) is 7. The second kappa shape index (κ2) is 5.37. The molecule has 0 unspecified atom stereocenters. The maximum Gasteiger partial charge on any atom is 0.216 e.